The van der Waals surface area contributed by atoms with Crippen LogP contribution in [-0.2, 0) is 14.9 Å². The van der Waals surface area contributed by atoms with Crippen LogP contribution in [-0.4, -0.2) is 32.1 Å². The zero-order valence-corrected chi connectivity index (χ0v) is 15.4. The third kappa shape index (κ3) is 3.94. The van der Waals surface area contributed by atoms with Crippen LogP contribution in [0.25, 0.3) is 0 Å². The van der Waals surface area contributed by atoms with E-state index in [2.05, 4.69) is 15.9 Å². The van der Waals surface area contributed by atoms with E-state index < -0.39 is 5.41 Å². The van der Waals surface area contributed by atoms with Gasteiger partial charge in [0.1, 0.15) is 0 Å². The van der Waals surface area contributed by atoms with Gasteiger partial charge in [0.05, 0.1) is 26.2 Å². The molecule has 0 spiro atoms. The first-order valence-electron chi connectivity index (χ1n) is 7.55. The van der Waals surface area contributed by atoms with Gasteiger partial charge in [0.2, 0.25) is 0 Å². The molecular formula is C17H25BrO4. The number of ether oxygens (including phenoxy) is 3. The lowest BCUT2D eigenvalue weighted by Gasteiger charge is -2.31. The lowest BCUT2D eigenvalue weighted by atomic mass is 9.74. The van der Waals surface area contributed by atoms with Gasteiger partial charge in [-0.15, -0.1) is 0 Å². The maximum atomic E-state index is 12.6. The topological polar surface area (TPSA) is 44.8 Å². The number of carbonyl (C=O) groups is 1. The van der Waals surface area contributed by atoms with Gasteiger partial charge in [0.25, 0.3) is 0 Å². The number of esters is 1. The second-order valence-electron chi connectivity index (χ2n) is 5.02. The number of rotatable bonds is 9. The van der Waals surface area contributed by atoms with Gasteiger partial charge in [0, 0.05) is 5.33 Å². The SMILES string of the molecule is CCOC(=O)C(CC)(CCCBr)c1ccc(OC)c(OC)c1. The molecule has 0 radical (unpaired) electrons. The Bertz CT molecular complexity index is 490. The summed E-state index contributed by atoms with van der Waals surface area (Å²) in [5, 5.41) is 0.849. The Labute approximate surface area is 141 Å². The first kappa shape index (κ1) is 18.8. The van der Waals surface area contributed by atoms with Crippen molar-refractivity contribution >= 4 is 21.9 Å². The summed E-state index contributed by atoms with van der Waals surface area (Å²) in [6, 6.07) is 5.65. The summed E-state index contributed by atoms with van der Waals surface area (Å²) in [6.07, 6.45) is 2.29. The van der Waals surface area contributed by atoms with E-state index in [0.29, 0.717) is 24.5 Å². The maximum Gasteiger partial charge on any atom is 0.316 e. The van der Waals surface area contributed by atoms with Crippen molar-refractivity contribution in [2.75, 3.05) is 26.2 Å². The van der Waals surface area contributed by atoms with Crippen molar-refractivity contribution in [3.8, 4) is 11.5 Å². The van der Waals surface area contributed by atoms with Crippen molar-refractivity contribution in [3.05, 3.63) is 23.8 Å². The molecule has 0 aliphatic rings. The molecule has 1 atom stereocenters. The Morgan fingerprint density at radius 1 is 1.18 bits per heavy atom. The minimum atomic E-state index is -0.649. The standard InChI is InChI=1S/C17H25BrO4/c1-5-17(10-7-11-18,16(19)22-6-2)13-8-9-14(20-3)15(12-13)21-4/h8-9,12H,5-7,10-11H2,1-4H3. The summed E-state index contributed by atoms with van der Waals surface area (Å²) in [6.45, 7) is 4.22. The van der Waals surface area contributed by atoms with E-state index in [-0.39, 0.29) is 5.97 Å². The van der Waals surface area contributed by atoms with Gasteiger partial charge >= 0.3 is 5.97 Å². The molecule has 22 heavy (non-hydrogen) atoms. The predicted octanol–water partition coefficient (Wildman–Crippen LogP) is 4.09. The molecule has 0 N–H and O–H groups in total. The van der Waals surface area contributed by atoms with Crippen molar-refractivity contribution in [1.82, 2.24) is 0 Å². The number of carbonyl (C=O) groups excluding carboxylic acids is 1. The lowest BCUT2D eigenvalue weighted by molar-refractivity contribution is -0.150. The summed E-state index contributed by atoms with van der Waals surface area (Å²) >= 11 is 3.45. The minimum Gasteiger partial charge on any atom is -0.493 e. The quantitative estimate of drug-likeness (QED) is 0.483. The van der Waals surface area contributed by atoms with Crippen LogP contribution < -0.4 is 9.47 Å². The molecule has 0 aliphatic carbocycles. The maximum absolute atomic E-state index is 12.6. The van der Waals surface area contributed by atoms with E-state index in [1.54, 1.807) is 14.2 Å². The van der Waals surface area contributed by atoms with Gasteiger partial charge < -0.3 is 14.2 Å². The summed E-state index contributed by atoms with van der Waals surface area (Å²) in [7, 11) is 3.19. The Balaban J connectivity index is 3.33. The Morgan fingerprint density at radius 2 is 1.86 bits per heavy atom. The van der Waals surface area contributed by atoms with Crippen LogP contribution in [0.15, 0.2) is 18.2 Å². The molecule has 0 aromatic heterocycles. The fourth-order valence-electron chi connectivity index (χ4n) is 2.66. The zero-order chi connectivity index (χ0) is 16.6. The van der Waals surface area contributed by atoms with Crippen LogP contribution in [0.1, 0.15) is 38.7 Å². The number of halogens is 1. The third-order valence-corrected chi connectivity index (χ3v) is 4.50. The van der Waals surface area contributed by atoms with Crippen molar-refractivity contribution in [1.29, 1.82) is 0 Å². The fraction of sp³-hybridized carbons (Fsp3) is 0.588. The molecule has 0 amide bonds. The highest BCUT2D eigenvalue weighted by Gasteiger charge is 2.40. The number of hydrogen-bond acceptors (Lipinski definition) is 4. The van der Waals surface area contributed by atoms with Crippen LogP contribution in [0.5, 0.6) is 11.5 Å². The zero-order valence-electron chi connectivity index (χ0n) is 13.8. The highest BCUT2D eigenvalue weighted by Crippen LogP contribution is 2.39. The molecule has 1 aromatic carbocycles. The molecular weight excluding hydrogens is 348 g/mol. The largest absolute Gasteiger partial charge is 0.493 e. The average Bonchev–Trinajstić information content (AvgIpc) is 2.55. The number of benzene rings is 1. The predicted molar refractivity (Wildman–Crippen MR) is 91.2 cm³/mol. The van der Waals surface area contributed by atoms with Gasteiger partial charge in [-0.05, 0) is 43.9 Å². The molecule has 5 heteroatoms. The van der Waals surface area contributed by atoms with Gasteiger partial charge in [-0.25, -0.2) is 0 Å². The van der Waals surface area contributed by atoms with E-state index in [1.165, 1.54) is 0 Å². The minimum absolute atomic E-state index is 0.175. The summed E-state index contributed by atoms with van der Waals surface area (Å²) in [4.78, 5) is 12.6. The van der Waals surface area contributed by atoms with Crippen LogP contribution in [0, 0.1) is 0 Å². The van der Waals surface area contributed by atoms with E-state index in [1.807, 2.05) is 32.0 Å². The Hall–Kier alpha value is -1.23. The van der Waals surface area contributed by atoms with Crippen LogP contribution in [0.2, 0.25) is 0 Å². The van der Waals surface area contributed by atoms with Crippen LogP contribution in [0.4, 0.5) is 0 Å². The molecule has 1 unspecified atom stereocenters. The molecule has 1 aromatic rings. The summed E-state index contributed by atoms with van der Waals surface area (Å²) in [5.41, 5.74) is 0.260. The fourth-order valence-corrected chi connectivity index (χ4v) is 2.94. The van der Waals surface area contributed by atoms with E-state index in [9.17, 15) is 4.79 Å². The first-order valence-corrected chi connectivity index (χ1v) is 8.67. The summed E-state index contributed by atoms with van der Waals surface area (Å²) < 4.78 is 16.0. The van der Waals surface area contributed by atoms with E-state index >= 15 is 0 Å². The van der Waals surface area contributed by atoms with Crippen LogP contribution in [0.3, 0.4) is 0 Å². The number of hydrogen-bond donors (Lipinski definition) is 0. The molecule has 0 saturated heterocycles. The molecule has 0 bridgehead atoms. The van der Waals surface area contributed by atoms with Crippen molar-refractivity contribution in [3.63, 3.8) is 0 Å². The van der Waals surface area contributed by atoms with Gasteiger partial charge in [-0.2, -0.15) is 0 Å². The highest BCUT2D eigenvalue weighted by atomic mass is 79.9. The first-order chi connectivity index (χ1) is 10.6. The molecule has 0 heterocycles. The molecule has 0 aliphatic heterocycles. The average molecular weight is 373 g/mol. The lowest BCUT2D eigenvalue weighted by Crippen LogP contribution is -2.37. The molecule has 0 saturated carbocycles. The van der Waals surface area contributed by atoms with Crippen LogP contribution >= 0.6 is 15.9 Å². The molecule has 124 valence electrons. The smallest absolute Gasteiger partial charge is 0.316 e. The van der Waals surface area contributed by atoms with Gasteiger partial charge in [0.15, 0.2) is 11.5 Å². The van der Waals surface area contributed by atoms with Gasteiger partial charge in [-0.1, -0.05) is 28.9 Å². The van der Waals surface area contributed by atoms with Gasteiger partial charge in [-0.3, -0.25) is 4.79 Å². The number of alkyl halides is 1. The van der Waals surface area contributed by atoms with Crippen molar-refractivity contribution in [2.24, 2.45) is 0 Å². The van der Waals surface area contributed by atoms with E-state index in [4.69, 9.17) is 14.2 Å². The summed E-state index contributed by atoms with van der Waals surface area (Å²) in [5.74, 6) is 1.10. The third-order valence-electron chi connectivity index (χ3n) is 3.94. The molecule has 1 rings (SSSR count). The Kier molecular flexibility index (Phi) is 7.73. The van der Waals surface area contributed by atoms with E-state index in [0.717, 1.165) is 23.7 Å². The highest BCUT2D eigenvalue weighted by molar-refractivity contribution is 9.09. The normalized spacial score (nSPS) is 13.3. The monoisotopic (exact) mass is 372 g/mol. The number of methoxy groups -OCH3 is 2. The molecule has 0 fully saturated rings. The second-order valence-corrected chi connectivity index (χ2v) is 5.81. The Morgan fingerprint density at radius 3 is 2.36 bits per heavy atom. The van der Waals surface area contributed by atoms with Crippen molar-refractivity contribution < 1.29 is 19.0 Å². The second kappa shape index (κ2) is 9.03. The van der Waals surface area contributed by atoms with Crippen molar-refractivity contribution in [2.45, 2.75) is 38.5 Å². The molecule has 4 nitrogen and oxygen atoms in total.